The molecule has 122 valence electrons. The van der Waals surface area contributed by atoms with Crippen LogP contribution in [-0.2, 0) is 12.2 Å². The van der Waals surface area contributed by atoms with Crippen LogP contribution in [0.25, 0.3) is 0 Å². The molecule has 0 fully saturated rings. The molecule has 0 radical (unpaired) electrons. The summed E-state index contributed by atoms with van der Waals surface area (Å²) in [5.41, 5.74) is 3.41. The molecule has 1 aromatic heterocycles. The third-order valence-electron chi connectivity index (χ3n) is 3.63. The Morgan fingerprint density at radius 1 is 1.00 bits per heavy atom. The standard InChI is InChI=1S/C18H18N4OS/c1-13-7-9-15(10-8-13)12-24-18-21-20-16(17(23)22(18)19)11-14-5-3-2-4-6-14/h2-10H,11-12,19H2,1H3. The SMILES string of the molecule is Cc1ccc(CSc2nnc(Cc3ccccc3)c(=O)n2N)cc1. The van der Waals surface area contributed by atoms with E-state index in [0.29, 0.717) is 23.0 Å². The Hall–Kier alpha value is -2.60. The van der Waals surface area contributed by atoms with E-state index in [2.05, 4.69) is 34.5 Å². The summed E-state index contributed by atoms with van der Waals surface area (Å²) in [5, 5.41) is 8.61. The van der Waals surface area contributed by atoms with Gasteiger partial charge in [-0.15, -0.1) is 10.2 Å². The maximum absolute atomic E-state index is 12.4. The molecule has 0 aliphatic heterocycles. The second-order valence-electron chi connectivity index (χ2n) is 5.54. The number of thioether (sulfide) groups is 1. The Labute approximate surface area is 144 Å². The molecule has 24 heavy (non-hydrogen) atoms. The van der Waals surface area contributed by atoms with Gasteiger partial charge in [-0.25, -0.2) is 0 Å². The summed E-state index contributed by atoms with van der Waals surface area (Å²) in [6, 6.07) is 17.9. The summed E-state index contributed by atoms with van der Waals surface area (Å²) < 4.78 is 1.09. The van der Waals surface area contributed by atoms with Crippen molar-refractivity contribution >= 4 is 11.8 Å². The molecular formula is C18H18N4OS. The number of hydrogen-bond acceptors (Lipinski definition) is 5. The first-order chi connectivity index (χ1) is 11.6. The van der Waals surface area contributed by atoms with E-state index in [0.717, 1.165) is 15.8 Å². The molecule has 0 saturated heterocycles. The number of nitrogen functional groups attached to an aromatic ring is 1. The second-order valence-corrected chi connectivity index (χ2v) is 6.48. The normalized spacial score (nSPS) is 10.7. The van der Waals surface area contributed by atoms with E-state index in [9.17, 15) is 4.79 Å². The van der Waals surface area contributed by atoms with Crippen LogP contribution >= 0.6 is 11.8 Å². The zero-order valence-corrected chi connectivity index (χ0v) is 14.2. The lowest BCUT2D eigenvalue weighted by Gasteiger charge is -2.08. The third kappa shape index (κ3) is 3.83. The molecule has 0 spiro atoms. The topological polar surface area (TPSA) is 73.8 Å². The van der Waals surface area contributed by atoms with Gasteiger partial charge < -0.3 is 5.84 Å². The van der Waals surface area contributed by atoms with E-state index in [1.54, 1.807) is 0 Å². The van der Waals surface area contributed by atoms with Crippen LogP contribution in [0.2, 0.25) is 0 Å². The Kier molecular flexibility index (Phi) is 4.96. The number of hydrogen-bond donors (Lipinski definition) is 1. The molecule has 2 aromatic carbocycles. The van der Waals surface area contributed by atoms with Gasteiger partial charge in [0, 0.05) is 12.2 Å². The highest BCUT2D eigenvalue weighted by Crippen LogP contribution is 2.19. The van der Waals surface area contributed by atoms with Crippen molar-refractivity contribution < 1.29 is 0 Å². The number of nitrogens with zero attached hydrogens (tertiary/aromatic N) is 3. The molecular weight excluding hydrogens is 320 g/mol. The molecule has 5 nitrogen and oxygen atoms in total. The van der Waals surface area contributed by atoms with Gasteiger partial charge in [-0.05, 0) is 18.1 Å². The first kappa shape index (κ1) is 16.3. The lowest BCUT2D eigenvalue weighted by molar-refractivity contribution is 0.672. The molecule has 6 heteroatoms. The van der Waals surface area contributed by atoms with Gasteiger partial charge in [0.2, 0.25) is 5.16 Å². The Morgan fingerprint density at radius 2 is 1.71 bits per heavy atom. The molecule has 1 heterocycles. The van der Waals surface area contributed by atoms with Crippen molar-refractivity contribution in [3.8, 4) is 0 Å². The molecule has 0 atom stereocenters. The fourth-order valence-corrected chi connectivity index (χ4v) is 3.06. The van der Waals surface area contributed by atoms with Crippen molar-refractivity contribution in [3.63, 3.8) is 0 Å². The maximum Gasteiger partial charge on any atom is 0.294 e. The summed E-state index contributed by atoms with van der Waals surface area (Å²) in [6.45, 7) is 2.05. The van der Waals surface area contributed by atoms with Crippen LogP contribution in [0.15, 0.2) is 64.5 Å². The van der Waals surface area contributed by atoms with Gasteiger partial charge in [0.1, 0.15) is 5.69 Å². The van der Waals surface area contributed by atoms with Gasteiger partial charge in [0.15, 0.2) is 0 Å². The van der Waals surface area contributed by atoms with Gasteiger partial charge in [-0.1, -0.05) is 71.9 Å². The summed E-state index contributed by atoms with van der Waals surface area (Å²) >= 11 is 1.40. The Morgan fingerprint density at radius 3 is 2.42 bits per heavy atom. The van der Waals surface area contributed by atoms with Gasteiger partial charge in [-0.3, -0.25) is 4.79 Å². The largest absolute Gasteiger partial charge is 0.334 e. The first-order valence-electron chi connectivity index (χ1n) is 7.59. The number of benzene rings is 2. The van der Waals surface area contributed by atoms with Crippen molar-refractivity contribution in [1.82, 2.24) is 14.9 Å². The van der Waals surface area contributed by atoms with Crippen LogP contribution in [-0.4, -0.2) is 14.9 Å². The van der Waals surface area contributed by atoms with Crippen molar-refractivity contribution in [1.29, 1.82) is 0 Å². The van der Waals surface area contributed by atoms with E-state index in [1.807, 2.05) is 37.3 Å². The average molecular weight is 338 g/mol. The minimum absolute atomic E-state index is 0.305. The summed E-state index contributed by atoms with van der Waals surface area (Å²) in [4.78, 5) is 12.4. The smallest absolute Gasteiger partial charge is 0.294 e. The predicted molar refractivity (Wildman–Crippen MR) is 96.4 cm³/mol. The number of nitrogens with two attached hydrogens (primary N) is 1. The Balaban J connectivity index is 1.75. The van der Waals surface area contributed by atoms with E-state index in [-0.39, 0.29) is 5.56 Å². The molecule has 0 aliphatic carbocycles. The van der Waals surface area contributed by atoms with Crippen LogP contribution in [0.3, 0.4) is 0 Å². The van der Waals surface area contributed by atoms with Crippen LogP contribution in [0.1, 0.15) is 22.4 Å². The molecule has 0 bridgehead atoms. The van der Waals surface area contributed by atoms with E-state index < -0.39 is 0 Å². The van der Waals surface area contributed by atoms with Crippen molar-refractivity contribution in [2.75, 3.05) is 5.84 Å². The highest BCUT2D eigenvalue weighted by Gasteiger charge is 2.11. The molecule has 0 aliphatic rings. The minimum atomic E-state index is -0.305. The molecule has 3 aromatic rings. The summed E-state index contributed by atoms with van der Waals surface area (Å²) in [7, 11) is 0. The second kappa shape index (κ2) is 7.31. The minimum Gasteiger partial charge on any atom is -0.334 e. The molecule has 2 N–H and O–H groups in total. The van der Waals surface area contributed by atoms with Gasteiger partial charge in [-0.2, -0.15) is 4.68 Å². The highest BCUT2D eigenvalue weighted by atomic mass is 32.2. The molecule has 0 saturated carbocycles. The first-order valence-corrected chi connectivity index (χ1v) is 8.58. The van der Waals surface area contributed by atoms with Crippen molar-refractivity contribution in [3.05, 3.63) is 87.3 Å². The van der Waals surface area contributed by atoms with E-state index in [4.69, 9.17) is 5.84 Å². The number of aryl methyl sites for hydroxylation is 1. The lowest BCUT2D eigenvalue weighted by Crippen LogP contribution is -2.33. The molecule has 0 unspecified atom stereocenters. The monoisotopic (exact) mass is 338 g/mol. The predicted octanol–water partition coefficient (Wildman–Crippen LogP) is 2.54. The third-order valence-corrected chi connectivity index (χ3v) is 4.65. The van der Waals surface area contributed by atoms with Gasteiger partial charge in [0.05, 0.1) is 0 Å². The average Bonchev–Trinajstić information content (AvgIpc) is 2.61. The Bertz CT molecular complexity index is 876. The number of rotatable bonds is 5. The maximum atomic E-state index is 12.4. The molecule has 3 rings (SSSR count). The van der Waals surface area contributed by atoms with E-state index in [1.165, 1.54) is 17.3 Å². The fourth-order valence-electron chi connectivity index (χ4n) is 2.25. The van der Waals surface area contributed by atoms with Crippen LogP contribution in [0.4, 0.5) is 0 Å². The quantitative estimate of drug-likeness (QED) is 0.572. The zero-order valence-electron chi connectivity index (χ0n) is 13.3. The molecule has 0 amide bonds. The highest BCUT2D eigenvalue weighted by molar-refractivity contribution is 7.98. The summed E-state index contributed by atoms with van der Waals surface area (Å²) in [6.07, 6.45) is 0.423. The van der Waals surface area contributed by atoms with Crippen LogP contribution < -0.4 is 11.4 Å². The lowest BCUT2D eigenvalue weighted by atomic mass is 10.1. The van der Waals surface area contributed by atoms with Crippen molar-refractivity contribution in [2.24, 2.45) is 0 Å². The van der Waals surface area contributed by atoms with Crippen LogP contribution in [0.5, 0.6) is 0 Å². The van der Waals surface area contributed by atoms with Crippen molar-refractivity contribution in [2.45, 2.75) is 24.3 Å². The summed E-state index contributed by atoms with van der Waals surface area (Å²) in [5.74, 6) is 6.59. The van der Waals surface area contributed by atoms with E-state index >= 15 is 0 Å². The fraction of sp³-hybridized carbons (Fsp3) is 0.167. The number of aromatic nitrogens is 3. The van der Waals surface area contributed by atoms with Gasteiger partial charge in [0.25, 0.3) is 5.56 Å². The van der Waals surface area contributed by atoms with Crippen LogP contribution in [0, 0.1) is 6.92 Å². The van der Waals surface area contributed by atoms with Gasteiger partial charge >= 0.3 is 0 Å². The zero-order chi connectivity index (χ0) is 16.9.